The first-order chi connectivity index (χ1) is 14.4. The molecule has 156 valence electrons. The molecule has 0 radical (unpaired) electrons. The lowest BCUT2D eigenvalue weighted by molar-refractivity contribution is -0.384. The molecule has 0 saturated heterocycles. The Bertz CT molecular complexity index is 1050. The van der Waals surface area contributed by atoms with Crippen LogP contribution in [-0.2, 0) is 0 Å². The fourth-order valence-electron chi connectivity index (χ4n) is 3.13. The fraction of sp³-hybridized carbons (Fsp3) is 0.238. The largest absolute Gasteiger partial charge is 0.378 e. The second-order valence-electron chi connectivity index (χ2n) is 6.94. The van der Waals surface area contributed by atoms with Gasteiger partial charge in [0.05, 0.1) is 28.1 Å². The minimum atomic E-state index is -0.459. The molecular formula is C21H22FN5O3. The first-order valence-electron chi connectivity index (χ1n) is 9.48. The highest BCUT2D eigenvalue weighted by atomic mass is 19.1. The normalized spacial score (nSPS) is 10.8. The van der Waals surface area contributed by atoms with Crippen molar-refractivity contribution in [2.24, 2.45) is 0 Å². The quantitative estimate of drug-likeness (QED) is 0.333. The molecule has 0 bridgehead atoms. The van der Waals surface area contributed by atoms with Crippen molar-refractivity contribution in [2.45, 2.75) is 19.8 Å². The van der Waals surface area contributed by atoms with Crippen molar-refractivity contribution in [2.75, 3.05) is 18.4 Å². The average molecular weight is 411 g/mol. The number of nitro groups is 1. The molecule has 1 aromatic heterocycles. The highest BCUT2D eigenvalue weighted by molar-refractivity contribution is 5.95. The minimum Gasteiger partial charge on any atom is -0.378 e. The van der Waals surface area contributed by atoms with Crippen LogP contribution in [-0.4, -0.2) is 33.7 Å². The number of hydrogen-bond donors (Lipinski definition) is 2. The number of rotatable bonds is 8. The van der Waals surface area contributed by atoms with E-state index in [0.29, 0.717) is 29.2 Å². The van der Waals surface area contributed by atoms with Crippen LogP contribution in [0.2, 0.25) is 0 Å². The molecule has 3 rings (SSSR count). The predicted molar refractivity (Wildman–Crippen MR) is 112 cm³/mol. The van der Waals surface area contributed by atoms with E-state index < -0.39 is 4.92 Å². The van der Waals surface area contributed by atoms with E-state index in [1.807, 2.05) is 13.8 Å². The molecule has 0 spiro atoms. The SMILES string of the molecule is CC(C)c1c(C(=O)NCCNc2ccccc2[N+](=O)[O-])cnn1-c1ccc(F)cc1. The zero-order valence-corrected chi connectivity index (χ0v) is 16.6. The third kappa shape index (κ3) is 4.62. The van der Waals surface area contributed by atoms with Gasteiger partial charge in [-0.2, -0.15) is 5.10 Å². The summed E-state index contributed by atoms with van der Waals surface area (Å²) in [6.45, 7) is 4.48. The Morgan fingerprint density at radius 2 is 1.87 bits per heavy atom. The Hall–Kier alpha value is -3.75. The van der Waals surface area contributed by atoms with Gasteiger partial charge in [-0.1, -0.05) is 26.0 Å². The number of aromatic nitrogens is 2. The monoisotopic (exact) mass is 411 g/mol. The number of para-hydroxylation sites is 2. The summed E-state index contributed by atoms with van der Waals surface area (Å²) < 4.78 is 14.9. The maximum absolute atomic E-state index is 13.2. The van der Waals surface area contributed by atoms with Crippen molar-refractivity contribution >= 4 is 17.3 Å². The molecule has 3 aromatic rings. The number of anilines is 1. The summed E-state index contributed by atoms with van der Waals surface area (Å²) in [5, 5.41) is 21.1. The summed E-state index contributed by atoms with van der Waals surface area (Å²) >= 11 is 0. The Balaban J connectivity index is 1.67. The van der Waals surface area contributed by atoms with Gasteiger partial charge in [-0.3, -0.25) is 14.9 Å². The third-order valence-electron chi connectivity index (χ3n) is 4.50. The van der Waals surface area contributed by atoms with E-state index in [1.54, 1.807) is 35.0 Å². The standard InChI is InChI=1S/C21H22FN5O3/c1-14(2)20-17(13-25-26(20)16-9-7-15(22)8-10-16)21(28)24-12-11-23-18-5-3-4-6-19(18)27(29)30/h3-10,13-14,23H,11-12H2,1-2H3,(H,24,28). The van der Waals surface area contributed by atoms with Gasteiger partial charge in [-0.15, -0.1) is 0 Å². The number of nitrogens with zero attached hydrogens (tertiary/aromatic N) is 3. The van der Waals surface area contributed by atoms with Gasteiger partial charge in [0.25, 0.3) is 11.6 Å². The van der Waals surface area contributed by atoms with Gasteiger partial charge in [-0.05, 0) is 36.2 Å². The Morgan fingerprint density at radius 1 is 1.17 bits per heavy atom. The van der Waals surface area contributed by atoms with E-state index >= 15 is 0 Å². The first-order valence-corrected chi connectivity index (χ1v) is 9.48. The number of nitro benzene ring substituents is 1. The number of halogens is 1. The number of carbonyl (C=O) groups excluding carboxylic acids is 1. The number of benzene rings is 2. The maximum Gasteiger partial charge on any atom is 0.292 e. The maximum atomic E-state index is 13.2. The van der Waals surface area contributed by atoms with Crippen LogP contribution in [0.25, 0.3) is 5.69 Å². The van der Waals surface area contributed by atoms with Gasteiger partial charge < -0.3 is 10.6 Å². The molecule has 2 N–H and O–H groups in total. The van der Waals surface area contributed by atoms with Gasteiger partial charge in [-0.25, -0.2) is 9.07 Å². The van der Waals surface area contributed by atoms with Crippen LogP contribution in [0.3, 0.4) is 0 Å². The van der Waals surface area contributed by atoms with Gasteiger partial charge in [0, 0.05) is 19.2 Å². The highest BCUT2D eigenvalue weighted by Gasteiger charge is 2.21. The summed E-state index contributed by atoms with van der Waals surface area (Å²) in [4.78, 5) is 23.3. The smallest absolute Gasteiger partial charge is 0.292 e. The lowest BCUT2D eigenvalue weighted by atomic mass is 10.1. The average Bonchev–Trinajstić information content (AvgIpc) is 3.17. The summed E-state index contributed by atoms with van der Waals surface area (Å²) in [6, 6.07) is 12.2. The first kappa shape index (κ1) is 21.0. The van der Waals surface area contributed by atoms with Gasteiger partial charge in [0.2, 0.25) is 0 Å². The second kappa shape index (κ2) is 9.17. The summed E-state index contributed by atoms with van der Waals surface area (Å²) in [5.74, 6) is -0.638. The Kier molecular flexibility index (Phi) is 6.41. The molecule has 1 heterocycles. The highest BCUT2D eigenvalue weighted by Crippen LogP contribution is 2.24. The molecular weight excluding hydrogens is 389 g/mol. The topological polar surface area (TPSA) is 102 Å². The molecule has 2 aromatic carbocycles. The number of carbonyl (C=O) groups is 1. The zero-order valence-electron chi connectivity index (χ0n) is 16.6. The van der Waals surface area contributed by atoms with Crippen LogP contribution in [0.4, 0.5) is 15.8 Å². The molecule has 0 saturated carbocycles. The molecule has 9 heteroatoms. The van der Waals surface area contributed by atoms with E-state index in [1.165, 1.54) is 24.4 Å². The lowest BCUT2D eigenvalue weighted by Gasteiger charge is -2.13. The van der Waals surface area contributed by atoms with Crippen molar-refractivity contribution in [3.63, 3.8) is 0 Å². The number of nitrogens with one attached hydrogen (secondary N) is 2. The Labute approximate surface area is 172 Å². The van der Waals surface area contributed by atoms with Crippen molar-refractivity contribution in [3.05, 3.63) is 81.9 Å². The molecule has 0 aliphatic carbocycles. The third-order valence-corrected chi connectivity index (χ3v) is 4.50. The van der Waals surface area contributed by atoms with Crippen LogP contribution < -0.4 is 10.6 Å². The summed E-state index contributed by atoms with van der Waals surface area (Å²) in [6.07, 6.45) is 1.49. The predicted octanol–water partition coefficient (Wildman–Crippen LogP) is 3.88. The molecule has 0 aliphatic heterocycles. The van der Waals surface area contributed by atoms with Gasteiger partial charge in [0.15, 0.2) is 0 Å². The van der Waals surface area contributed by atoms with Crippen molar-refractivity contribution < 1.29 is 14.1 Å². The summed E-state index contributed by atoms with van der Waals surface area (Å²) in [5.41, 5.74) is 2.18. The molecule has 0 atom stereocenters. The Morgan fingerprint density at radius 3 is 2.53 bits per heavy atom. The van der Waals surface area contributed by atoms with E-state index in [0.717, 1.165) is 0 Å². The lowest BCUT2D eigenvalue weighted by Crippen LogP contribution is -2.29. The summed E-state index contributed by atoms with van der Waals surface area (Å²) in [7, 11) is 0. The number of hydrogen-bond acceptors (Lipinski definition) is 5. The van der Waals surface area contributed by atoms with E-state index in [4.69, 9.17) is 0 Å². The zero-order chi connectivity index (χ0) is 21.7. The molecule has 0 aliphatic rings. The second-order valence-corrected chi connectivity index (χ2v) is 6.94. The molecule has 30 heavy (non-hydrogen) atoms. The van der Waals surface area contributed by atoms with Crippen LogP contribution in [0, 0.1) is 15.9 Å². The van der Waals surface area contributed by atoms with Crippen molar-refractivity contribution in [3.8, 4) is 5.69 Å². The molecule has 0 unspecified atom stereocenters. The van der Waals surface area contributed by atoms with E-state index in [-0.39, 0.29) is 29.9 Å². The minimum absolute atomic E-state index is 0.00314. The van der Waals surface area contributed by atoms with Crippen LogP contribution >= 0.6 is 0 Å². The molecule has 1 amide bonds. The van der Waals surface area contributed by atoms with Crippen molar-refractivity contribution in [1.82, 2.24) is 15.1 Å². The van der Waals surface area contributed by atoms with Crippen LogP contribution in [0.15, 0.2) is 54.7 Å². The van der Waals surface area contributed by atoms with E-state index in [2.05, 4.69) is 15.7 Å². The van der Waals surface area contributed by atoms with Crippen LogP contribution in [0.5, 0.6) is 0 Å². The van der Waals surface area contributed by atoms with Crippen molar-refractivity contribution in [1.29, 1.82) is 0 Å². The van der Waals surface area contributed by atoms with E-state index in [9.17, 15) is 19.3 Å². The van der Waals surface area contributed by atoms with Gasteiger partial charge in [0.1, 0.15) is 11.5 Å². The van der Waals surface area contributed by atoms with Crippen LogP contribution in [0.1, 0.15) is 35.8 Å². The molecule has 0 fully saturated rings. The molecule has 8 nitrogen and oxygen atoms in total. The fourth-order valence-corrected chi connectivity index (χ4v) is 3.13. The number of amides is 1. The van der Waals surface area contributed by atoms with Gasteiger partial charge >= 0.3 is 0 Å².